The molecular formula is C20H23ClN4O4. The van der Waals surface area contributed by atoms with Crippen LogP contribution in [-0.2, 0) is 9.53 Å². The molecule has 29 heavy (non-hydrogen) atoms. The van der Waals surface area contributed by atoms with Crippen LogP contribution in [0, 0.1) is 0 Å². The highest BCUT2D eigenvalue weighted by Crippen LogP contribution is 2.20. The van der Waals surface area contributed by atoms with Gasteiger partial charge in [-0.1, -0.05) is 11.6 Å². The number of piperidine rings is 1. The van der Waals surface area contributed by atoms with Gasteiger partial charge in [-0.05, 0) is 45.0 Å². The summed E-state index contributed by atoms with van der Waals surface area (Å²) < 4.78 is 5.23. The summed E-state index contributed by atoms with van der Waals surface area (Å²) >= 11 is 5.99. The number of amides is 3. The molecule has 1 aromatic heterocycles. The van der Waals surface area contributed by atoms with Crippen LogP contribution in [0.1, 0.15) is 37.7 Å². The Balaban J connectivity index is 1.81. The maximum absolute atomic E-state index is 12.7. The van der Waals surface area contributed by atoms with Gasteiger partial charge < -0.3 is 19.9 Å². The third-order valence-corrected chi connectivity index (χ3v) is 4.60. The SMILES string of the molecule is CN1CC(=NC(=O)OC(C)(C)C)[C@H](NC(=O)c2cc3cc(Cl)ccc3[nH]2)CC1=O. The van der Waals surface area contributed by atoms with Crippen LogP contribution in [0.2, 0.25) is 5.02 Å². The molecule has 9 heteroatoms. The Hall–Kier alpha value is -2.87. The largest absolute Gasteiger partial charge is 0.442 e. The van der Waals surface area contributed by atoms with E-state index in [1.165, 1.54) is 4.90 Å². The average molecular weight is 419 g/mol. The number of aromatic nitrogens is 1. The Kier molecular flexibility index (Phi) is 5.66. The van der Waals surface area contributed by atoms with Gasteiger partial charge in [0.25, 0.3) is 5.91 Å². The van der Waals surface area contributed by atoms with Gasteiger partial charge in [0.2, 0.25) is 5.91 Å². The number of aliphatic imine (C=N–C) groups is 1. The molecule has 3 amide bonds. The zero-order chi connectivity index (χ0) is 21.3. The van der Waals surface area contributed by atoms with Crippen LogP contribution in [0.5, 0.6) is 0 Å². The van der Waals surface area contributed by atoms with Gasteiger partial charge in [-0.15, -0.1) is 0 Å². The van der Waals surface area contributed by atoms with E-state index in [0.717, 1.165) is 10.9 Å². The first-order valence-corrected chi connectivity index (χ1v) is 9.53. The third-order valence-electron chi connectivity index (χ3n) is 4.37. The van der Waals surface area contributed by atoms with Crippen molar-refractivity contribution in [3.05, 3.63) is 35.0 Å². The quantitative estimate of drug-likeness (QED) is 0.781. The second-order valence-electron chi connectivity index (χ2n) is 7.98. The number of hydrogen-bond donors (Lipinski definition) is 2. The number of carbonyl (C=O) groups is 3. The molecule has 1 aliphatic heterocycles. The normalized spacial score (nSPS) is 18.9. The Morgan fingerprint density at radius 1 is 1.31 bits per heavy atom. The molecule has 0 aliphatic carbocycles. The fourth-order valence-electron chi connectivity index (χ4n) is 3.00. The zero-order valence-electron chi connectivity index (χ0n) is 16.7. The molecule has 1 atom stereocenters. The molecule has 1 saturated heterocycles. The van der Waals surface area contributed by atoms with Crippen LogP contribution < -0.4 is 5.32 Å². The van der Waals surface area contributed by atoms with E-state index < -0.39 is 23.6 Å². The fraction of sp³-hybridized carbons (Fsp3) is 0.400. The third kappa shape index (κ3) is 5.14. The van der Waals surface area contributed by atoms with E-state index >= 15 is 0 Å². The van der Waals surface area contributed by atoms with Crippen LogP contribution in [0.15, 0.2) is 29.3 Å². The lowest BCUT2D eigenvalue weighted by Crippen LogP contribution is -2.53. The van der Waals surface area contributed by atoms with Crippen molar-refractivity contribution in [2.75, 3.05) is 13.6 Å². The van der Waals surface area contributed by atoms with Crippen molar-refractivity contribution in [3.8, 4) is 0 Å². The standard InChI is InChI=1S/C20H23ClN4O4/c1-20(2,3)29-19(28)24-16-10-25(4)17(26)9-14(16)23-18(27)15-8-11-7-12(21)5-6-13(11)22-15/h5-8,14,22H,9-10H2,1-4H3,(H,23,27)/t14-/m1/s1. The maximum Gasteiger partial charge on any atom is 0.434 e. The minimum atomic E-state index is -0.755. The lowest BCUT2D eigenvalue weighted by Gasteiger charge is -2.30. The summed E-state index contributed by atoms with van der Waals surface area (Å²) in [6.07, 6.45) is -0.745. The molecule has 3 rings (SSSR count). The predicted molar refractivity (Wildman–Crippen MR) is 110 cm³/mol. The van der Waals surface area contributed by atoms with E-state index in [-0.39, 0.29) is 18.9 Å². The number of rotatable bonds is 2. The number of nitrogens with one attached hydrogen (secondary N) is 2. The highest BCUT2D eigenvalue weighted by atomic mass is 35.5. The fourth-order valence-corrected chi connectivity index (χ4v) is 3.18. The van der Waals surface area contributed by atoms with Gasteiger partial charge in [0.15, 0.2) is 0 Å². The van der Waals surface area contributed by atoms with Gasteiger partial charge in [-0.2, -0.15) is 4.99 Å². The number of nitrogens with zero attached hydrogens (tertiary/aromatic N) is 2. The van der Waals surface area contributed by atoms with Crippen LogP contribution in [0.4, 0.5) is 4.79 Å². The molecular weight excluding hydrogens is 396 g/mol. The molecule has 0 radical (unpaired) electrons. The summed E-state index contributed by atoms with van der Waals surface area (Å²) in [5, 5.41) is 4.15. The number of carbonyl (C=O) groups excluding carboxylic acids is 3. The molecule has 2 N–H and O–H groups in total. The van der Waals surface area contributed by atoms with E-state index in [9.17, 15) is 14.4 Å². The summed E-state index contributed by atoms with van der Waals surface area (Å²) in [5.74, 6) is -0.557. The van der Waals surface area contributed by atoms with Crippen molar-refractivity contribution < 1.29 is 19.1 Å². The molecule has 0 spiro atoms. The topological polar surface area (TPSA) is 104 Å². The molecule has 1 fully saturated rings. The molecule has 8 nitrogen and oxygen atoms in total. The Labute approximate surface area is 173 Å². The smallest absolute Gasteiger partial charge is 0.434 e. The molecule has 2 aromatic rings. The summed E-state index contributed by atoms with van der Waals surface area (Å²) in [7, 11) is 1.62. The monoisotopic (exact) mass is 418 g/mol. The van der Waals surface area contributed by atoms with Crippen LogP contribution in [-0.4, -0.2) is 58.7 Å². The van der Waals surface area contributed by atoms with Crippen molar-refractivity contribution in [3.63, 3.8) is 0 Å². The molecule has 1 aromatic carbocycles. The lowest BCUT2D eigenvalue weighted by atomic mass is 10.0. The minimum absolute atomic E-state index is 0.00985. The predicted octanol–water partition coefficient (Wildman–Crippen LogP) is 3.16. The number of fused-ring (bicyclic) bond motifs is 1. The van der Waals surface area contributed by atoms with Crippen molar-refractivity contribution in [1.82, 2.24) is 15.2 Å². The molecule has 0 saturated carbocycles. The Morgan fingerprint density at radius 2 is 2.03 bits per heavy atom. The Morgan fingerprint density at radius 3 is 2.72 bits per heavy atom. The highest BCUT2D eigenvalue weighted by molar-refractivity contribution is 6.31. The van der Waals surface area contributed by atoms with Crippen LogP contribution in [0.25, 0.3) is 10.9 Å². The van der Waals surface area contributed by atoms with Crippen molar-refractivity contribution in [2.24, 2.45) is 4.99 Å². The first kappa shape index (κ1) is 20.9. The van der Waals surface area contributed by atoms with E-state index in [1.807, 2.05) is 0 Å². The number of benzene rings is 1. The highest BCUT2D eigenvalue weighted by Gasteiger charge is 2.32. The zero-order valence-corrected chi connectivity index (χ0v) is 17.5. The molecule has 154 valence electrons. The summed E-state index contributed by atoms with van der Waals surface area (Å²) in [6, 6.07) is 6.23. The molecule has 1 aliphatic rings. The van der Waals surface area contributed by atoms with Gasteiger partial charge in [-0.3, -0.25) is 9.59 Å². The lowest BCUT2D eigenvalue weighted by molar-refractivity contribution is -0.130. The van der Waals surface area contributed by atoms with Gasteiger partial charge in [0.05, 0.1) is 24.7 Å². The Bertz CT molecular complexity index is 1010. The number of ether oxygens (including phenoxy) is 1. The van der Waals surface area contributed by atoms with E-state index in [2.05, 4.69) is 15.3 Å². The number of halogens is 1. The van der Waals surface area contributed by atoms with Crippen LogP contribution in [0.3, 0.4) is 0 Å². The molecule has 0 bridgehead atoms. The average Bonchev–Trinajstić information content (AvgIpc) is 3.00. The van der Waals surface area contributed by atoms with E-state index in [1.54, 1.807) is 52.1 Å². The minimum Gasteiger partial charge on any atom is -0.442 e. The van der Waals surface area contributed by atoms with Gasteiger partial charge >= 0.3 is 6.09 Å². The molecule has 2 heterocycles. The van der Waals surface area contributed by atoms with E-state index in [4.69, 9.17) is 16.3 Å². The second-order valence-corrected chi connectivity index (χ2v) is 8.41. The van der Waals surface area contributed by atoms with E-state index in [0.29, 0.717) is 16.4 Å². The summed E-state index contributed by atoms with van der Waals surface area (Å²) in [6.45, 7) is 5.35. The van der Waals surface area contributed by atoms with Crippen molar-refractivity contribution in [1.29, 1.82) is 0 Å². The first-order chi connectivity index (χ1) is 13.5. The summed E-state index contributed by atoms with van der Waals surface area (Å²) in [4.78, 5) is 45.5. The van der Waals surface area contributed by atoms with Gasteiger partial charge in [0.1, 0.15) is 11.3 Å². The molecule has 0 unspecified atom stereocenters. The second kappa shape index (κ2) is 7.87. The van der Waals surface area contributed by atoms with Crippen molar-refractivity contribution >= 4 is 46.1 Å². The number of aromatic amines is 1. The maximum atomic E-state index is 12.7. The van der Waals surface area contributed by atoms with Gasteiger partial charge in [-0.25, -0.2) is 4.79 Å². The van der Waals surface area contributed by atoms with Crippen molar-refractivity contribution in [2.45, 2.75) is 38.8 Å². The number of likely N-dealkylation sites (tertiary alicyclic amines) is 1. The van der Waals surface area contributed by atoms with Gasteiger partial charge in [0, 0.05) is 23.0 Å². The van der Waals surface area contributed by atoms with Crippen LogP contribution >= 0.6 is 11.6 Å². The number of hydrogen-bond acceptors (Lipinski definition) is 4. The first-order valence-electron chi connectivity index (χ1n) is 9.15. The summed E-state index contributed by atoms with van der Waals surface area (Å²) in [5.41, 5.74) is 0.766. The number of H-pyrrole nitrogens is 1.